The van der Waals surface area contributed by atoms with Crippen molar-refractivity contribution in [3.63, 3.8) is 0 Å². The molecule has 0 radical (unpaired) electrons. The molecule has 0 unspecified atom stereocenters. The molecule has 6 heteroatoms. The van der Waals surface area contributed by atoms with Gasteiger partial charge in [-0.2, -0.15) is 0 Å². The number of benzene rings is 1. The fourth-order valence-corrected chi connectivity index (χ4v) is 2.34. The van der Waals surface area contributed by atoms with Crippen LogP contribution in [0.5, 0.6) is 11.5 Å². The SMILES string of the molecule is COC(=O)c1oc2c(O)c(OC)c(Br)cc2c1C. The second-order valence-electron chi connectivity index (χ2n) is 3.66. The Morgan fingerprint density at radius 3 is 2.67 bits per heavy atom. The molecule has 96 valence electrons. The summed E-state index contributed by atoms with van der Waals surface area (Å²) in [6.45, 7) is 1.72. The first-order valence-corrected chi connectivity index (χ1v) is 5.87. The van der Waals surface area contributed by atoms with Gasteiger partial charge in [-0.25, -0.2) is 4.79 Å². The molecule has 0 spiro atoms. The molecule has 0 aliphatic carbocycles. The predicted molar refractivity (Wildman–Crippen MR) is 68.2 cm³/mol. The molecule has 0 amide bonds. The molecule has 0 saturated carbocycles. The van der Waals surface area contributed by atoms with Crippen LogP contribution in [0.3, 0.4) is 0 Å². The van der Waals surface area contributed by atoms with Crippen LogP contribution in [-0.4, -0.2) is 25.3 Å². The Morgan fingerprint density at radius 1 is 1.44 bits per heavy atom. The average molecular weight is 315 g/mol. The first-order chi connectivity index (χ1) is 8.51. The molecule has 18 heavy (non-hydrogen) atoms. The highest BCUT2D eigenvalue weighted by Crippen LogP contribution is 2.43. The van der Waals surface area contributed by atoms with E-state index in [2.05, 4.69) is 20.7 Å². The van der Waals surface area contributed by atoms with Gasteiger partial charge in [0.25, 0.3) is 0 Å². The van der Waals surface area contributed by atoms with Crippen LogP contribution in [0.1, 0.15) is 16.1 Å². The number of aryl methyl sites for hydroxylation is 1. The van der Waals surface area contributed by atoms with Crippen molar-refractivity contribution >= 4 is 32.9 Å². The van der Waals surface area contributed by atoms with E-state index in [0.29, 0.717) is 15.4 Å². The van der Waals surface area contributed by atoms with E-state index < -0.39 is 5.97 Å². The quantitative estimate of drug-likeness (QED) is 0.863. The van der Waals surface area contributed by atoms with E-state index in [-0.39, 0.29) is 22.8 Å². The Morgan fingerprint density at radius 2 is 2.11 bits per heavy atom. The summed E-state index contributed by atoms with van der Waals surface area (Å²) in [6, 6.07) is 1.72. The first-order valence-electron chi connectivity index (χ1n) is 5.08. The average Bonchev–Trinajstić information content (AvgIpc) is 2.67. The van der Waals surface area contributed by atoms with Crippen LogP contribution in [0.2, 0.25) is 0 Å². The minimum Gasteiger partial charge on any atom is -0.502 e. The largest absolute Gasteiger partial charge is 0.502 e. The van der Waals surface area contributed by atoms with Gasteiger partial charge in [-0.3, -0.25) is 0 Å². The molecular formula is C12H11BrO5. The van der Waals surface area contributed by atoms with Crippen LogP contribution in [0.25, 0.3) is 11.0 Å². The Bertz CT molecular complexity index is 629. The van der Waals surface area contributed by atoms with Crippen molar-refractivity contribution in [3.8, 4) is 11.5 Å². The minimum absolute atomic E-state index is 0.0722. The topological polar surface area (TPSA) is 68.9 Å². The van der Waals surface area contributed by atoms with Gasteiger partial charge in [0.15, 0.2) is 11.3 Å². The molecule has 1 N–H and O–H groups in total. The summed E-state index contributed by atoms with van der Waals surface area (Å²) >= 11 is 3.28. The number of carbonyl (C=O) groups is 1. The summed E-state index contributed by atoms with van der Waals surface area (Å²) in [5, 5.41) is 10.6. The Hall–Kier alpha value is -1.69. The molecular weight excluding hydrogens is 304 g/mol. The van der Waals surface area contributed by atoms with Gasteiger partial charge >= 0.3 is 5.97 Å². The van der Waals surface area contributed by atoms with Crippen molar-refractivity contribution < 1.29 is 23.8 Å². The van der Waals surface area contributed by atoms with Gasteiger partial charge in [0.1, 0.15) is 0 Å². The number of ether oxygens (including phenoxy) is 2. The van der Waals surface area contributed by atoms with Crippen molar-refractivity contribution in [1.29, 1.82) is 0 Å². The Labute approximate surface area is 111 Å². The van der Waals surface area contributed by atoms with Gasteiger partial charge in [0.05, 0.1) is 18.7 Å². The third kappa shape index (κ3) is 1.73. The highest BCUT2D eigenvalue weighted by atomic mass is 79.9. The number of phenolic OH excluding ortho intramolecular Hbond substituents is 1. The fourth-order valence-electron chi connectivity index (χ4n) is 1.77. The van der Waals surface area contributed by atoms with Crippen molar-refractivity contribution in [3.05, 3.63) is 21.9 Å². The summed E-state index contributed by atoms with van der Waals surface area (Å²) < 4.78 is 15.6. The molecule has 2 rings (SSSR count). The summed E-state index contributed by atoms with van der Waals surface area (Å²) in [5.41, 5.74) is 0.809. The zero-order valence-corrected chi connectivity index (χ0v) is 11.6. The van der Waals surface area contributed by atoms with Crippen LogP contribution in [0, 0.1) is 6.92 Å². The van der Waals surface area contributed by atoms with Crippen LogP contribution in [-0.2, 0) is 4.74 Å². The molecule has 0 atom stereocenters. The van der Waals surface area contributed by atoms with Gasteiger partial charge in [0, 0.05) is 10.9 Å². The summed E-state index contributed by atoms with van der Waals surface area (Å²) in [6.07, 6.45) is 0. The maximum atomic E-state index is 11.5. The van der Waals surface area contributed by atoms with E-state index in [9.17, 15) is 9.90 Å². The number of esters is 1. The molecule has 1 aromatic carbocycles. The number of rotatable bonds is 2. The number of phenols is 1. The smallest absolute Gasteiger partial charge is 0.374 e. The predicted octanol–water partition coefficient (Wildman–Crippen LogP) is 3.00. The van der Waals surface area contributed by atoms with Crippen LogP contribution in [0.4, 0.5) is 0 Å². The van der Waals surface area contributed by atoms with E-state index in [4.69, 9.17) is 9.15 Å². The number of carbonyl (C=O) groups excluding carboxylic acids is 1. The number of halogens is 1. The lowest BCUT2D eigenvalue weighted by atomic mass is 10.1. The normalized spacial score (nSPS) is 10.7. The molecule has 0 bridgehead atoms. The van der Waals surface area contributed by atoms with Gasteiger partial charge in [-0.1, -0.05) is 0 Å². The highest BCUT2D eigenvalue weighted by molar-refractivity contribution is 9.10. The van der Waals surface area contributed by atoms with Crippen molar-refractivity contribution in [2.45, 2.75) is 6.92 Å². The zero-order valence-electron chi connectivity index (χ0n) is 10.0. The van der Waals surface area contributed by atoms with Gasteiger partial charge in [-0.05, 0) is 28.9 Å². The van der Waals surface area contributed by atoms with Crippen molar-refractivity contribution in [1.82, 2.24) is 0 Å². The lowest BCUT2D eigenvalue weighted by molar-refractivity contribution is 0.0566. The second-order valence-corrected chi connectivity index (χ2v) is 4.52. The van der Waals surface area contributed by atoms with Crippen molar-refractivity contribution in [2.24, 2.45) is 0 Å². The van der Waals surface area contributed by atoms with E-state index in [1.807, 2.05) is 0 Å². The van der Waals surface area contributed by atoms with Crippen molar-refractivity contribution in [2.75, 3.05) is 14.2 Å². The summed E-state index contributed by atoms with van der Waals surface area (Å²) in [7, 11) is 2.70. The number of methoxy groups -OCH3 is 2. The Kier molecular flexibility index (Phi) is 3.21. The number of hydrogen-bond donors (Lipinski definition) is 1. The molecule has 0 aliphatic rings. The minimum atomic E-state index is -0.585. The third-order valence-electron chi connectivity index (χ3n) is 2.69. The second kappa shape index (κ2) is 4.53. The van der Waals surface area contributed by atoms with Crippen LogP contribution >= 0.6 is 15.9 Å². The molecule has 5 nitrogen and oxygen atoms in total. The number of aromatic hydroxyl groups is 1. The molecule has 1 heterocycles. The maximum Gasteiger partial charge on any atom is 0.374 e. The maximum absolute atomic E-state index is 11.5. The van der Waals surface area contributed by atoms with E-state index >= 15 is 0 Å². The molecule has 1 aromatic heterocycles. The Balaban J connectivity index is 2.80. The molecule has 0 aliphatic heterocycles. The number of hydrogen-bond acceptors (Lipinski definition) is 5. The zero-order chi connectivity index (χ0) is 13.4. The summed E-state index contributed by atoms with van der Waals surface area (Å²) in [5.74, 6) is -0.408. The van der Waals surface area contributed by atoms with Gasteiger partial charge < -0.3 is 19.0 Å². The van der Waals surface area contributed by atoms with Gasteiger partial charge in [0.2, 0.25) is 11.5 Å². The fraction of sp³-hybridized carbons (Fsp3) is 0.250. The molecule has 0 saturated heterocycles. The highest BCUT2D eigenvalue weighted by Gasteiger charge is 2.23. The first kappa shape index (κ1) is 12.8. The van der Waals surface area contributed by atoms with Gasteiger partial charge in [-0.15, -0.1) is 0 Å². The number of fused-ring (bicyclic) bond motifs is 1. The molecule has 2 aromatic rings. The van der Waals surface area contributed by atoms with Crippen LogP contribution in [0.15, 0.2) is 15.0 Å². The third-order valence-corrected chi connectivity index (χ3v) is 3.28. The lowest BCUT2D eigenvalue weighted by Crippen LogP contribution is -2.00. The molecule has 0 fully saturated rings. The standard InChI is InChI=1S/C12H11BrO5/c1-5-6-4-7(13)11(16-2)8(14)10(6)18-9(5)12(15)17-3/h4,14H,1-3H3. The monoisotopic (exact) mass is 314 g/mol. The van der Waals surface area contributed by atoms with E-state index in [1.54, 1.807) is 13.0 Å². The lowest BCUT2D eigenvalue weighted by Gasteiger charge is -2.05. The van der Waals surface area contributed by atoms with Crippen LogP contribution < -0.4 is 4.74 Å². The summed E-state index contributed by atoms with van der Waals surface area (Å²) in [4.78, 5) is 11.5. The number of furan rings is 1. The van der Waals surface area contributed by atoms with E-state index in [0.717, 1.165) is 0 Å². The van der Waals surface area contributed by atoms with E-state index in [1.165, 1.54) is 14.2 Å².